The Balaban J connectivity index is 2.36. The molecular formula is C14H16N2O3S. The van der Waals surface area contributed by atoms with E-state index >= 15 is 0 Å². The lowest BCUT2D eigenvalue weighted by molar-refractivity contribution is -0.122. The van der Waals surface area contributed by atoms with Crippen molar-refractivity contribution in [3.8, 4) is 11.5 Å². The van der Waals surface area contributed by atoms with E-state index in [1.54, 1.807) is 26.4 Å². The van der Waals surface area contributed by atoms with E-state index in [9.17, 15) is 4.79 Å². The third-order valence-corrected chi connectivity index (χ3v) is 3.34. The fourth-order valence-electron chi connectivity index (χ4n) is 1.95. The highest BCUT2D eigenvalue weighted by Gasteiger charge is 2.29. The van der Waals surface area contributed by atoms with Gasteiger partial charge in [0.2, 0.25) is 0 Å². The highest BCUT2D eigenvalue weighted by molar-refractivity contribution is 7.80. The Labute approximate surface area is 123 Å². The first-order chi connectivity index (χ1) is 9.60. The maximum atomic E-state index is 12.1. The average Bonchev–Trinajstić information content (AvgIpc) is 2.73. The van der Waals surface area contributed by atoms with Crippen LogP contribution in [0, 0.1) is 0 Å². The molecule has 5 nitrogen and oxygen atoms in total. The summed E-state index contributed by atoms with van der Waals surface area (Å²) in [7, 11) is 3.16. The number of rotatable bonds is 4. The number of benzene rings is 1. The first-order valence-electron chi connectivity index (χ1n) is 6.17. The Hall–Kier alpha value is -2.08. The number of nitrogens with one attached hydrogen (secondary N) is 1. The molecule has 1 aliphatic rings. The molecule has 1 heterocycles. The second-order valence-corrected chi connectivity index (χ2v) is 4.53. The van der Waals surface area contributed by atoms with Crippen molar-refractivity contribution in [1.29, 1.82) is 0 Å². The van der Waals surface area contributed by atoms with Gasteiger partial charge in [-0.25, -0.2) is 0 Å². The normalized spacial score (nSPS) is 16.6. The van der Waals surface area contributed by atoms with E-state index in [4.69, 9.17) is 21.7 Å². The van der Waals surface area contributed by atoms with Crippen molar-refractivity contribution in [2.45, 2.75) is 6.92 Å². The van der Waals surface area contributed by atoms with Crippen LogP contribution in [0.1, 0.15) is 12.5 Å². The molecule has 6 heteroatoms. The van der Waals surface area contributed by atoms with E-state index in [1.807, 2.05) is 19.1 Å². The molecule has 2 rings (SSSR count). The molecule has 0 bridgehead atoms. The fourth-order valence-corrected chi connectivity index (χ4v) is 2.27. The monoisotopic (exact) mass is 292 g/mol. The van der Waals surface area contributed by atoms with Crippen molar-refractivity contribution < 1.29 is 14.3 Å². The van der Waals surface area contributed by atoms with E-state index in [2.05, 4.69) is 5.32 Å². The summed E-state index contributed by atoms with van der Waals surface area (Å²) in [5.41, 5.74) is 1.23. The molecule has 0 unspecified atom stereocenters. The van der Waals surface area contributed by atoms with Crippen LogP contribution in [-0.2, 0) is 4.79 Å². The largest absolute Gasteiger partial charge is 0.497 e. The second kappa shape index (κ2) is 5.92. The maximum Gasteiger partial charge on any atom is 0.276 e. The summed E-state index contributed by atoms with van der Waals surface area (Å²) in [4.78, 5) is 13.6. The van der Waals surface area contributed by atoms with Crippen LogP contribution in [0.15, 0.2) is 23.9 Å². The number of thiocarbonyl (C=S) groups is 1. The van der Waals surface area contributed by atoms with Crippen LogP contribution in [-0.4, -0.2) is 36.7 Å². The van der Waals surface area contributed by atoms with E-state index in [-0.39, 0.29) is 5.91 Å². The van der Waals surface area contributed by atoms with Crippen LogP contribution in [0.5, 0.6) is 11.5 Å². The zero-order valence-electron chi connectivity index (χ0n) is 11.6. The molecular weight excluding hydrogens is 276 g/mol. The molecule has 0 aliphatic carbocycles. The minimum Gasteiger partial charge on any atom is -0.497 e. The van der Waals surface area contributed by atoms with Gasteiger partial charge in [-0.15, -0.1) is 0 Å². The molecule has 1 fully saturated rings. The Morgan fingerprint density at radius 3 is 2.65 bits per heavy atom. The van der Waals surface area contributed by atoms with Gasteiger partial charge in [0.1, 0.15) is 17.2 Å². The smallest absolute Gasteiger partial charge is 0.276 e. The molecule has 0 spiro atoms. The van der Waals surface area contributed by atoms with Crippen molar-refractivity contribution in [2.24, 2.45) is 0 Å². The number of hydrogen-bond donors (Lipinski definition) is 1. The number of methoxy groups -OCH3 is 2. The molecule has 0 aromatic heterocycles. The van der Waals surface area contributed by atoms with Gasteiger partial charge in [-0.3, -0.25) is 9.69 Å². The Morgan fingerprint density at radius 2 is 2.10 bits per heavy atom. The minimum atomic E-state index is -0.129. The van der Waals surface area contributed by atoms with Crippen molar-refractivity contribution >= 4 is 29.3 Å². The van der Waals surface area contributed by atoms with E-state index in [0.717, 1.165) is 5.56 Å². The molecule has 0 atom stereocenters. The summed E-state index contributed by atoms with van der Waals surface area (Å²) >= 11 is 5.11. The van der Waals surface area contributed by atoms with Gasteiger partial charge >= 0.3 is 0 Å². The molecule has 1 aliphatic heterocycles. The van der Waals surface area contributed by atoms with E-state index in [1.165, 1.54) is 4.90 Å². The van der Waals surface area contributed by atoms with E-state index < -0.39 is 0 Å². The van der Waals surface area contributed by atoms with Gasteiger partial charge in [-0.05, 0) is 37.4 Å². The summed E-state index contributed by atoms with van der Waals surface area (Å²) < 4.78 is 10.4. The average molecular weight is 292 g/mol. The molecule has 0 radical (unpaired) electrons. The SMILES string of the molecule is CCN1C(=O)/C(=C/c2ccc(OC)cc2OC)NC1=S. The van der Waals surface area contributed by atoms with Crippen LogP contribution in [0.4, 0.5) is 0 Å². The second-order valence-electron chi connectivity index (χ2n) is 4.15. The van der Waals surface area contributed by atoms with Crippen LogP contribution in [0.3, 0.4) is 0 Å². The summed E-state index contributed by atoms with van der Waals surface area (Å²) in [6.45, 7) is 2.42. The number of ether oxygens (including phenoxy) is 2. The predicted octanol–water partition coefficient (Wildman–Crippen LogP) is 1.78. The lowest BCUT2D eigenvalue weighted by Gasteiger charge is -2.09. The summed E-state index contributed by atoms with van der Waals surface area (Å²) in [5.74, 6) is 1.20. The van der Waals surface area contributed by atoms with Gasteiger partial charge < -0.3 is 14.8 Å². The Morgan fingerprint density at radius 1 is 1.35 bits per heavy atom. The molecule has 1 N–H and O–H groups in total. The third kappa shape index (κ3) is 2.60. The summed E-state index contributed by atoms with van der Waals surface area (Å²) in [5, 5.41) is 3.34. The zero-order valence-corrected chi connectivity index (χ0v) is 12.4. The molecule has 1 amide bonds. The topological polar surface area (TPSA) is 50.8 Å². The van der Waals surface area contributed by atoms with Crippen molar-refractivity contribution in [3.63, 3.8) is 0 Å². The van der Waals surface area contributed by atoms with Crippen molar-refractivity contribution in [3.05, 3.63) is 29.5 Å². The lowest BCUT2D eigenvalue weighted by atomic mass is 10.1. The zero-order chi connectivity index (χ0) is 14.7. The highest BCUT2D eigenvalue weighted by atomic mass is 32.1. The molecule has 1 saturated heterocycles. The fraction of sp³-hybridized carbons (Fsp3) is 0.286. The number of nitrogens with zero attached hydrogens (tertiary/aromatic N) is 1. The number of carbonyl (C=O) groups is 1. The third-order valence-electron chi connectivity index (χ3n) is 3.02. The van der Waals surface area contributed by atoms with Crippen LogP contribution in [0.2, 0.25) is 0 Å². The molecule has 1 aromatic carbocycles. The summed E-state index contributed by atoms with van der Waals surface area (Å²) in [6.07, 6.45) is 1.72. The van der Waals surface area contributed by atoms with Crippen molar-refractivity contribution in [2.75, 3.05) is 20.8 Å². The van der Waals surface area contributed by atoms with Crippen LogP contribution >= 0.6 is 12.2 Å². The first kappa shape index (κ1) is 14.3. The minimum absolute atomic E-state index is 0.129. The number of hydrogen-bond acceptors (Lipinski definition) is 4. The molecule has 20 heavy (non-hydrogen) atoms. The van der Waals surface area contributed by atoms with Gasteiger partial charge in [-0.2, -0.15) is 0 Å². The van der Waals surface area contributed by atoms with Crippen LogP contribution in [0.25, 0.3) is 6.08 Å². The number of amides is 1. The highest BCUT2D eigenvalue weighted by Crippen LogP contribution is 2.27. The maximum absolute atomic E-state index is 12.1. The van der Waals surface area contributed by atoms with Gasteiger partial charge in [0, 0.05) is 18.2 Å². The van der Waals surface area contributed by atoms with Crippen LogP contribution < -0.4 is 14.8 Å². The number of likely N-dealkylation sites (N-methyl/N-ethyl adjacent to an activating group) is 1. The summed E-state index contributed by atoms with van der Waals surface area (Å²) in [6, 6.07) is 5.41. The quantitative estimate of drug-likeness (QED) is 0.677. The lowest BCUT2D eigenvalue weighted by Crippen LogP contribution is -2.30. The van der Waals surface area contributed by atoms with Crippen molar-refractivity contribution in [1.82, 2.24) is 10.2 Å². The molecule has 0 saturated carbocycles. The van der Waals surface area contributed by atoms with Gasteiger partial charge in [0.05, 0.1) is 14.2 Å². The van der Waals surface area contributed by atoms with Gasteiger partial charge in [0.25, 0.3) is 5.91 Å². The predicted molar refractivity (Wildman–Crippen MR) is 80.6 cm³/mol. The van der Waals surface area contributed by atoms with E-state index in [0.29, 0.717) is 28.9 Å². The Kier molecular flexibility index (Phi) is 4.24. The molecule has 1 aromatic rings. The Bertz CT molecular complexity index is 584. The number of carbonyl (C=O) groups excluding carboxylic acids is 1. The first-order valence-corrected chi connectivity index (χ1v) is 6.58. The molecule has 106 valence electrons. The van der Waals surface area contributed by atoms with Gasteiger partial charge in [-0.1, -0.05) is 0 Å². The standard InChI is InChI=1S/C14H16N2O3S/c1-4-16-13(17)11(15-14(16)20)7-9-5-6-10(18-2)8-12(9)19-3/h5-8H,4H2,1-3H3,(H,15,20)/b11-7-. The van der Waals surface area contributed by atoms with Gasteiger partial charge in [0.15, 0.2) is 5.11 Å².